The fourth-order valence-electron chi connectivity index (χ4n) is 2.30. The van der Waals surface area contributed by atoms with Crippen molar-refractivity contribution in [1.29, 1.82) is 0 Å². The molecule has 1 atom stereocenters. The molecule has 1 N–H and O–H groups in total. The van der Waals surface area contributed by atoms with Gasteiger partial charge in [-0.3, -0.25) is 0 Å². The van der Waals surface area contributed by atoms with Gasteiger partial charge >= 0.3 is 0 Å². The Morgan fingerprint density at radius 2 is 2.00 bits per heavy atom. The Balaban J connectivity index is 2.21. The van der Waals surface area contributed by atoms with Crippen molar-refractivity contribution in [2.24, 2.45) is 0 Å². The van der Waals surface area contributed by atoms with Gasteiger partial charge in [0.2, 0.25) is 0 Å². The zero-order valence-electron chi connectivity index (χ0n) is 11.0. The molecule has 2 nitrogen and oxygen atoms in total. The number of halogens is 2. The summed E-state index contributed by atoms with van der Waals surface area (Å²) in [6.07, 6.45) is 1.88. The average molecular weight is 254 g/mol. The van der Waals surface area contributed by atoms with Gasteiger partial charge in [0.25, 0.3) is 0 Å². The maximum absolute atomic E-state index is 13.9. The third-order valence-electron chi connectivity index (χ3n) is 3.50. The van der Waals surface area contributed by atoms with Gasteiger partial charge < -0.3 is 10.2 Å². The molecule has 1 saturated heterocycles. The van der Waals surface area contributed by atoms with E-state index in [0.717, 1.165) is 32.5 Å². The Morgan fingerprint density at radius 1 is 1.22 bits per heavy atom. The van der Waals surface area contributed by atoms with E-state index >= 15 is 0 Å². The Hall–Kier alpha value is -1.16. The van der Waals surface area contributed by atoms with Gasteiger partial charge in [-0.05, 0) is 44.9 Å². The monoisotopic (exact) mass is 254 g/mol. The first kappa shape index (κ1) is 13.3. The predicted molar refractivity (Wildman–Crippen MR) is 70.0 cm³/mol. The van der Waals surface area contributed by atoms with Crippen LogP contribution in [0, 0.1) is 18.6 Å². The molecule has 0 saturated carbocycles. The van der Waals surface area contributed by atoms with Crippen LogP contribution in [-0.4, -0.2) is 25.7 Å². The van der Waals surface area contributed by atoms with Gasteiger partial charge in [-0.25, -0.2) is 8.78 Å². The van der Waals surface area contributed by atoms with Crippen LogP contribution in [0.25, 0.3) is 0 Å². The average Bonchev–Trinajstić information content (AvgIpc) is 2.30. The van der Waals surface area contributed by atoms with E-state index in [2.05, 4.69) is 12.2 Å². The quantitative estimate of drug-likeness (QED) is 0.829. The van der Waals surface area contributed by atoms with E-state index in [0.29, 0.717) is 17.3 Å². The zero-order valence-corrected chi connectivity index (χ0v) is 11.0. The molecule has 18 heavy (non-hydrogen) atoms. The van der Waals surface area contributed by atoms with Crippen LogP contribution in [-0.2, 0) is 0 Å². The van der Waals surface area contributed by atoms with Crippen LogP contribution in [0.2, 0.25) is 0 Å². The standard InChI is InChI=1S/C14H20F2N2/c1-10-8-13(16)14(9-12(10)15)18-6-3-5-17-11(2)4-7-18/h8-9,11,17H,3-7H2,1-2H3. The molecule has 0 spiro atoms. The fourth-order valence-corrected chi connectivity index (χ4v) is 2.30. The number of hydrogen-bond donors (Lipinski definition) is 1. The third-order valence-corrected chi connectivity index (χ3v) is 3.50. The molecule has 1 aromatic carbocycles. The van der Waals surface area contributed by atoms with Crippen molar-refractivity contribution in [3.05, 3.63) is 29.3 Å². The number of benzene rings is 1. The molecule has 1 fully saturated rings. The Kier molecular flexibility index (Phi) is 4.17. The summed E-state index contributed by atoms with van der Waals surface area (Å²) in [6, 6.07) is 3.03. The van der Waals surface area contributed by atoms with E-state index in [4.69, 9.17) is 0 Å². The van der Waals surface area contributed by atoms with Crippen LogP contribution in [0.4, 0.5) is 14.5 Å². The normalized spacial score (nSPS) is 21.6. The maximum Gasteiger partial charge on any atom is 0.146 e. The van der Waals surface area contributed by atoms with E-state index in [1.165, 1.54) is 12.1 Å². The number of nitrogens with one attached hydrogen (secondary N) is 1. The highest BCUT2D eigenvalue weighted by atomic mass is 19.1. The predicted octanol–water partition coefficient (Wildman–Crippen LogP) is 2.85. The SMILES string of the molecule is Cc1cc(F)c(N2CCCNC(C)CC2)cc1F. The van der Waals surface area contributed by atoms with Crippen LogP contribution in [0.5, 0.6) is 0 Å². The number of nitrogens with zero attached hydrogens (tertiary/aromatic N) is 1. The lowest BCUT2D eigenvalue weighted by Crippen LogP contribution is -2.38. The second-order valence-corrected chi connectivity index (χ2v) is 5.04. The van der Waals surface area contributed by atoms with E-state index in [1.807, 2.05) is 4.90 Å². The molecule has 1 heterocycles. The first-order valence-corrected chi connectivity index (χ1v) is 6.52. The van der Waals surface area contributed by atoms with Crippen LogP contribution in [0.3, 0.4) is 0 Å². The van der Waals surface area contributed by atoms with Gasteiger partial charge in [-0.2, -0.15) is 0 Å². The largest absolute Gasteiger partial charge is 0.369 e. The third kappa shape index (κ3) is 2.99. The summed E-state index contributed by atoms with van der Waals surface area (Å²) < 4.78 is 27.5. The van der Waals surface area contributed by atoms with Crippen LogP contribution < -0.4 is 10.2 Å². The lowest BCUT2D eigenvalue weighted by Gasteiger charge is -2.30. The van der Waals surface area contributed by atoms with Gasteiger partial charge in [-0.15, -0.1) is 0 Å². The smallest absolute Gasteiger partial charge is 0.146 e. The molecular weight excluding hydrogens is 234 g/mol. The molecule has 0 amide bonds. The van der Waals surface area contributed by atoms with E-state index in [9.17, 15) is 8.78 Å². The molecule has 1 aliphatic rings. The highest BCUT2D eigenvalue weighted by molar-refractivity contribution is 5.49. The molecule has 100 valence electrons. The van der Waals surface area contributed by atoms with Crippen molar-refractivity contribution < 1.29 is 8.78 Å². The second kappa shape index (κ2) is 5.65. The minimum atomic E-state index is -0.334. The molecule has 1 aromatic rings. The molecule has 1 aliphatic heterocycles. The summed E-state index contributed by atoms with van der Waals surface area (Å²) in [6.45, 7) is 6.15. The van der Waals surface area contributed by atoms with Crippen LogP contribution >= 0.6 is 0 Å². The number of hydrogen-bond acceptors (Lipinski definition) is 2. The van der Waals surface area contributed by atoms with Crippen molar-refractivity contribution in [1.82, 2.24) is 5.32 Å². The first-order chi connectivity index (χ1) is 8.58. The summed E-state index contributed by atoms with van der Waals surface area (Å²) in [5.74, 6) is -0.658. The summed E-state index contributed by atoms with van der Waals surface area (Å²) in [5.41, 5.74) is 0.755. The molecule has 4 heteroatoms. The second-order valence-electron chi connectivity index (χ2n) is 5.04. The summed E-state index contributed by atoms with van der Waals surface area (Å²) in [4.78, 5) is 1.95. The van der Waals surface area contributed by atoms with Crippen molar-refractivity contribution in [2.75, 3.05) is 24.5 Å². The van der Waals surface area contributed by atoms with Gasteiger partial charge in [0.1, 0.15) is 11.6 Å². The van der Waals surface area contributed by atoms with Crippen molar-refractivity contribution in [3.63, 3.8) is 0 Å². The molecule has 0 aromatic heterocycles. The Bertz CT molecular complexity index is 421. The molecule has 0 radical (unpaired) electrons. The number of rotatable bonds is 1. The minimum Gasteiger partial charge on any atom is -0.369 e. The van der Waals surface area contributed by atoms with Crippen LogP contribution in [0.15, 0.2) is 12.1 Å². The van der Waals surface area contributed by atoms with E-state index in [-0.39, 0.29) is 11.6 Å². The van der Waals surface area contributed by atoms with E-state index in [1.54, 1.807) is 6.92 Å². The highest BCUT2D eigenvalue weighted by Gasteiger charge is 2.17. The van der Waals surface area contributed by atoms with Gasteiger partial charge in [0, 0.05) is 25.2 Å². The first-order valence-electron chi connectivity index (χ1n) is 6.52. The van der Waals surface area contributed by atoms with Crippen molar-refractivity contribution >= 4 is 5.69 Å². The minimum absolute atomic E-state index is 0.324. The van der Waals surface area contributed by atoms with E-state index < -0.39 is 0 Å². The Labute approximate surface area is 107 Å². The van der Waals surface area contributed by atoms with Gasteiger partial charge in [-0.1, -0.05) is 0 Å². The summed E-state index contributed by atoms with van der Waals surface area (Å²) in [5, 5.41) is 3.40. The maximum atomic E-state index is 13.9. The zero-order chi connectivity index (χ0) is 13.1. The lowest BCUT2D eigenvalue weighted by atomic mass is 10.1. The van der Waals surface area contributed by atoms with Crippen molar-refractivity contribution in [2.45, 2.75) is 32.7 Å². The van der Waals surface area contributed by atoms with Gasteiger partial charge in [0.15, 0.2) is 0 Å². The molecule has 2 rings (SSSR count). The Morgan fingerprint density at radius 3 is 2.78 bits per heavy atom. The highest BCUT2D eigenvalue weighted by Crippen LogP contribution is 2.24. The fraction of sp³-hybridized carbons (Fsp3) is 0.571. The number of aryl methyl sites for hydroxylation is 1. The molecule has 0 bridgehead atoms. The van der Waals surface area contributed by atoms with Crippen molar-refractivity contribution in [3.8, 4) is 0 Å². The summed E-state index contributed by atoms with van der Waals surface area (Å²) in [7, 11) is 0. The number of anilines is 1. The van der Waals surface area contributed by atoms with Gasteiger partial charge in [0.05, 0.1) is 5.69 Å². The molecule has 0 aliphatic carbocycles. The topological polar surface area (TPSA) is 15.3 Å². The lowest BCUT2D eigenvalue weighted by molar-refractivity contribution is 0.470. The van der Waals surface area contributed by atoms with Crippen LogP contribution in [0.1, 0.15) is 25.3 Å². The summed E-state index contributed by atoms with van der Waals surface area (Å²) >= 11 is 0. The molecular formula is C14H20F2N2. The molecule has 1 unspecified atom stereocenters.